The van der Waals surface area contributed by atoms with Crippen molar-refractivity contribution in [3.63, 3.8) is 0 Å². The number of hydrogen-bond acceptors (Lipinski definition) is 6. The second kappa shape index (κ2) is 16.2. The van der Waals surface area contributed by atoms with Gasteiger partial charge in [-0.3, -0.25) is 19.2 Å². The van der Waals surface area contributed by atoms with Gasteiger partial charge < -0.3 is 32.5 Å². The smallest absolute Gasteiger partial charge is 0.243 e. The first-order valence-corrected chi connectivity index (χ1v) is 15.9. The summed E-state index contributed by atoms with van der Waals surface area (Å²) in [4.78, 5) is 53.0. The predicted octanol–water partition coefficient (Wildman–Crippen LogP) is 2.63. The minimum absolute atomic E-state index is 0.0491. The quantitative estimate of drug-likeness (QED) is 0.167. The van der Waals surface area contributed by atoms with Crippen molar-refractivity contribution in [1.82, 2.24) is 16.0 Å². The zero-order valence-electron chi connectivity index (χ0n) is 26.8. The lowest BCUT2D eigenvalue weighted by molar-refractivity contribution is -0.134. The minimum Gasteiger partial charge on any atom is -0.508 e. The number of nitrogens with one attached hydrogen (secondary N) is 3. The number of carbonyl (C=O) groups is 4. The zero-order valence-corrected chi connectivity index (χ0v) is 26.8. The van der Waals surface area contributed by atoms with E-state index in [1.807, 2.05) is 44.2 Å². The average Bonchev–Trinajstić information content (AvgIpc) is 3.03. The summed E-state index contributed by atoms with van der Waals surface area (Å²) in [5, 5.41) is 18.4. The van der Waals surface area contributed by atoms with E-state index in [4.69, 9.17) is 11.5 Å². The molecule has 0 aromatic heterocycles. The highest BCUT2D eigenvalue weighted by atomic mass is 19.1. The van der Waals surface area contributed by atoms with Crippen molar-refractivity contribution in [2.75, 3.05) is 0 Å². The summed E-state index contributed by atoms with van der Waals surface area (Å²) in [5.41, 5.74) is 15.9. The molecule has 0 radical (unpaired) electrons. The number of aryl methyl sites for hydroxylation is 2. The summed E-state index contributed by atoms with van der Waals surface area (Å²) in [7, 11) is 0. The Labute approximate surface area is 274 Å². The van der Waals surface area contributed by atoms with E-state index in [9.17, 15) is 28.7 Å². The highest BCUT2D eigenvalue weighted by Gasteiger charge is 2.35. The van der Waals surface area contributed by atoms with Gasteiger partial charge in [0.25, 0.3) is 0 Å². The summed E-state index contributed by atoms with van der Waals surface area (Å²) >= 11 is 0. The molecule has 1 aliphatic carbocycles. The summed E-state index contributed by atoms with van der Waals surface area (Å²) in [5.74, 6) is -3.02. The number of aromatic hydroxyl groups is 1. The number of primary amides is 1. The maximum atomic E-state index is 13.8. The number of phenols is 1. The molecule has 0 unspecified atom stereocenters. The largest absolute Gasteiger partial charge is 0.508 e. The Hall–Kier alpha value is -4.77. The van der Waals surface area contributed by atoms with E-state index in [2.05, 4.69) is 16.0 Å². The fraction of sp³-hybridized carbons (Fsp3) is 0.389. The third-order valence-electron chi connectivity index (χ3n) is 8.80. The van der Waals surface area contributed by atoms with Crippen LogP contribution in [0.3, 0.4) is 0 Å². The first-order chi connectivity index (χ1) is 22.4. The van der Waals surface area contributed by atoms with Crippen LogP contribution >= 0.6 is 0 Å². The Morgan fingerprint density at radius 3 is 2.06 bits per heavy atom. The van der Waals surface area contributed by atoms with Gasteiger partial charge in [0.2, 0.25) is 23.6 Å². The van der Waals surface area contributed by atoms with Gasteiger partial charge in [-0.05, 0) is 85.2 Å². The number of carbonyl (C=O) groups excluding carboxylic acids is 4. The standard InChI is InChI=1S/C36H44FN5O5/c1-21-16-26(43)17-22(2)28(21)20-29(38)35(46)40-30-11-7-6-10-27(30)34(45)42-32(19-23-8-4-3-5-9-23)36(47)41-31(33(39)44)18-24-12-14-25(37)15-13-24/h3-5,8-9,12-17,27,29-32,43H,6-7,10-11,18-20,38H2,1-2H3,(H2,39,44)(H,40,46)(H,41,47)(H,42,45)/t27-,29-,30+,31-,32-/m0/s1. The number of nitrogens with two attached hydrogens (primary N) is 2. The van der Waals surface area contributed by atoms with Crippen molar-refractivity contribution in [3.05, 3.63) is 100 Å². The van der Waals surface area contributed by atoms with Gasteiger partial charge in [0, 0.05) is 18.9 Å². The lowest BCUT2D eigenvalue weighted by Crippen LogP contribution is -2.57. The fourth-order valence-electron chi connectivity index (χ4n) is 6.20. The molecule has 1 fully saturated rings. The van der Waals surface area contributed by atoms with Crippen LogP contribution in [0.15, 0.2) is 66.7 Å². The van der Waals surface area contributed by atoms with Crippen LogP contribution in [0.25, 0.3) is 0 Å². The van der Waals surface area contributed by atoms with E-state index < -0.39 is 47.7 Å². The van der Waals surface area contributed by atoms with Gasteiger partial charge in [0.1, 0.15) is 23.7 Å². The summed E-state index contributed by atoms with van der Waals surface area (Å²) in [6, 6.07) is 14.5. The molecule has 5 atom stereocenters. The van der Waals surface area contributed by atoms with Crippen LogP contribution in [0.1, 0.15) is 53.5 Å². The van der Waals surface area contributed by atoms with Crippen molar-refractivity contribution in [2.45, 2.75) is 83.0 Å². The Bertz CT molecular complexity index is 1540. The van der Waals surface area contributed by atoms with Crippen molar-refractivity contribution in [2.24, 2.45) is 17.4 Å². The van der Waals surface area contributed by atoms with Gasteiger partial charge in [-0.2, -0.15) is 0 Å². The topological polar surface area (TPSA) is 177 Å². The van der Waals surface area contributed by atoms with E-state index in [0.717, 1.165) is 35.1 Å². The predicted molar refractivity (Wildman–Crippen MR) is 176 cm³/mol. The van der Waals surface area contributed by atoms with Crippen molar-refractivity contribution in [3.8, 4) is 5.75 Å². The molecule has 0 aliphatic heterocycles. The number of rotatable bonds is 13. The van der Waals surface area contributed by atoms with E-state index in [1.54, 1.807) is 12.1 Å². The summed E-state index contributed by atoms with van der Waals surface area (Å²) in [6.45, 7) is 3.70. The number of halogens is 1. The molecule has 1 saturated carbocycles. The Morgan fingerprint density at radius 1 is 0.830 bits per heavy atom. The van der Waals surface area contributed by atoms with Crippen LogP contribution in [0.4, 0.5) is 4.39 Å². The Kier molecular flexibility index (Phi) is 12.1. The lowest BCUT2D eigenvalue weighted by atomic mass is 9.83. The van der Waals surface area contributed by atoms with Crippen molar-refractivity contribution < 1.29 is 28.7 Å². The maximum Gasteiger partial charge on any atom is 0.243 e. The van der Waals surface area contributed by atoms with Gasteiger partial charge in [0.15, 0.2) is 0 Å². The lowest BCUT2D eigenvalue weighted by Gasteiger charge is -2.33. The Morgan fingerprint density at radius 2 is 1.43 bits per heavy atom. The summed E-state index contributed by atoms with van der Waals surface area (Å²) in [6.07, 6.45) is 3.15. The van der Waals surface area contributed by atoms with Crippen LogP contribution in [0.5, 0.6) is 5.75 Å². The normalized spacial score (nSPS) is 18.0. The molecule has 11 heteroatoms. The van der Waals surface area contributed by atoms with Crippen molar-refractivity contribution in [1.29, 1.82) is 0 Å². The molecule has 10 nitrogen and oxygen atoms in total. The first kappa shape index (κ1) is 35.1. The monoisotopic (exact) mass is 645 g/mol. The molecule has 1 aliphatic rings. The highest BCUT2D eigenvalue weighted by Crippen LogP contribution is 2.26. The fourth-order valence-corrected chi connectivity index (χ4v) is 6.20. The molecule has 0 spiro atoms. The Balaban J connectivity index is 1.46. The average molecular weight is 646 g/mol. The third-order valence-corrected chi connectivity index (χ3v) is 8.80. The highest BCUT2D eigenvalue weighted by molar-refractivity contribution is 5.93. The molecule has 3 aromatic rings. The maximum absolute atomic E-state index is 13.8. The molecule has 250 valence electrons. The number of amides is 4. The molecule has 0 saturated heterocycles. The van der Waals surface area contributed by atoms with E-state index in [0.29, 0.717) is 18.4 Å². The molecule has 47 heavy (non-hydrogen) atoms. The first-order valence-electron chi connectivity index (χ1n) is 15.9. The molecular formula is C36H44FN5O5. The van der Waals surface area contributed by atoms with E-state index >= 15 is 0 Å². The molecular weight excluding hydrogens is 601 g/mol. The minimum atomic E-state index is -1.09. The molecule has 3 aromatic carbocycles. The molecule has 0 heterocycles. The number of hydrogen-bond donors (Lipinski definition) is 6. The van der Waals surface area contributed by atoms with E-state index in [1.165, 1.54) is 24.3 Å². The SMILES string of the molecule is Cc1cc(O)cc(C)c1C[C@H](N)C(=O)N[C@@H]1CCCC[C@@H]1C(=O)N[C@@H](Cc1ccccc1)C(=O)N[C@@H](Cc1ccc(F)cc1)C(N)=O. The van der Waals surface area contributed by atoms with Crippen LogP contribution in [-0.4, -0.2) is 52.9 Å². The van der Waals surface area contributed by atoms with Crippen LogP contribution < -0.4 is 27.4 Å². The molecule has 4 amide bonds. The molecule has 8 N–H and O–H groups in total. The summed E-state index contributed by atoms with van der Waals surface area (Å²) < 4.78 is 13.4. The zero-order chi connectivity index (χ0) is 34.1. The number of phenolic OH excluding ortho intramolecular Hbond substituents is 1. The molecule has 0 bridgehead atoms. The third kappa shape index (κ3) is 9.86. The van der Waals surface area contributed by atoms with E-state index in [-0.39, 0.29) is 36.8 Å². The van der Waals surface area contributed by atoms with Crippen LogP contribution in [0.2, 0.25) is 0 Å². The van der Waals surface area contributed by atoms with Gasteiger partial charge in [0.05, 0.1) is 12.0 Å². The van der Waals surface area contributed by atoms with Crippen LogP contribution in [0, 0.1) is 25.6 Å². The van der Waals surface area contributed by atoms with Crippen LogP contribution in [-0.2, 0) is 38.4 Å². The van der Waals surface area contributed by atoms with Gasteiger partial charge in [-0.1, -0.05) is 55.3 Å². The van der Waals surface area contributed by atoms with Crippen molar-refractivity contribution >= 4 is 23.6 Å². The van der Waals surface area contributed by atoms with Gasteiger partial charge >= 0.3 is 0 Å². The number of benzene rings is 3. The second-order valence-electron chi connectivity index (χ2n) is 12.4. The van der Waals surface area contributed by atoms with Gasteiger partial charge in [-0.15, -0.1) is 0 Å². The second-order valence-corrected chi connectivity index (χ2v) is 12.4. The molecule has 4 rings (SSSR count). The van der Waals surface area contributed by atoms with Gasteiger partial charge in [-0.25, -0.2) is 4.39 Å².